The lowest BCUT2D eigenvalue weighted by molar-refractivity contribution is 0.0689. The van der Waals surface area contributed by atoms with Gasteiger partial charge in [0.05, 0.1) is 0 Å². The molecule has 0 atom stereocenters. The monoisotopic (exact) mass is 204 g/mol. The van der Waals surface area contributed by atoms with Gasteiger partial charge in [-0.3, -0.25) is 4.98 Å². The zero-order valence-electron chi connectivity index (χ0n) is 7.97. The summed E-state index contributed by atoms with van der Waals surface area (Å²) >= 11 is 0. The standard InChI is InChI=1S/C10H8N2O3/c1-6-8(10(13)14)12-9(15-6)7-4-2-3-5-11-7/h2-5H,1H3,(H,13,14). The average molecular weight is 204 g/mol. The van der Waals surface area contributed by atoms with Crippen LogP contribution in [0.4, 0.5) is 0 Å². The Balaban J connectivity index is 2.48. The molecule has 1 N–H and O–H groups in total. The summed E-state index contributed by atoms with van der Waals surface area (Å²) in [6.07, 6.45) is 1.59. The number of pyridine rings is 1. The molecule has 5 heteroatoms. The van der Waals surface area contributed by atoms with Gasteiger partial charge in [-0.15, -0.1) is 0 Å². The number of carboxylic acid groups (broad SMARTS) is 1. The highest BCUT2D eigenvalue weighted by Gasteiger charge is 2.17. The Hall–Kier alpha value is -2.17. The molecule has 0 aliphatic carbocycles. The number of aromatic carboxylic acids is 1. The summed E-state index contributed by atoms with van der Waals surface area (Å²) in [7, 11) is 0. The van der Waals surface area contributed by atoms with Crippen LogP contribution in [-0.4, -0.2) is 21.0 Å². The Bertz CT molecular complexity index is 491. The summed E-state index contributed by atoms with van der Waals surface area (Å²) in [6, 6.07) is 5.25. The van der Waals surface area contributed by atoms with E-state index in [1.165, 1.54) is 0 Å². The number of hydrogen-bond donors (Lipinski definition) is 1. The van der Waals surface area contributed by atoms with Crippen LogP contribution in [0, 0.1) is 6.92 Å². The molecule has 0 amide bonds. The van der Waals surface area contributed by atoms with E-state index in [-0.39, 0.29) is 17.3 Å². The molecule has 5 nitrogen and oxygen atoms in total. The zero-order chi connectivity index (χ0) is 10.8. The Kier molecular flexibility index (Phi) is 2.21. The molecule has 0 saturated heterocycles. The van der Waals surface area contributed by atoms with Crippen LogP contribution >= 0.6 is 0 Å². The predicted molar refractivity (Wildman–Crippen MR) is 51.4 cm³/mol. The summed E-state index contributed by atoms with van der Waals surface area (Å²) < 4.78 is 5.21. The van der Waals surface area contributed by atoms with Crippen LogP contribution in [0.5, 0.6) is 0 Å². The molecule has 15 heavy (non-hydrogen) atoms. The van der Waals surface area contributed by atoms with E-state index in [9.17, 15) is 4.79 Å². The second-order valence-corrected chi connectivity index (χ2v) is 2.94. The first kappa shape index (κ1) is 9.39. The van der Waals surface area contributed by atoms with Crippen LogP contribution < -0.4 is 0 Å². The van der Waals surface area contributed by atoms with Crippen molar-refractivity contribution >= 4 is 5.97 Å². The van der Waals surface area contributed by atoms with E-state index in [1.54, 1.807) is 31.3 Å². The van der Waals surface area contributed by atoms with Gasteiger partial charge in [0, 0.05) is 6.20 Å². The molecular formula is C10H8N2O3. The fourth-order valence-electron chi connectivity index (χ4n) is 1.19. The maximum Gasteiger partial charge on any atom is 0.358 e. The van der Waals surface area contributed by atoms with E-state index in [4.69, 9.17) is 9.52 Å². The molecule has 2 rings (SSSR count). The third-order valence-electron chi connectivity index (χ3n) is 1.88. The molecular weight excluding hydrogens is 196 g/mol. The molecule has 0 spiro atoms. The Labute approximate surface area is 85.4 Å². The Morgan fingerprint density at radius 2 is 2.27 bits per heavy atom. The lowest BCUT2D eigenvalue weighted by Crippen LogP contribution is -1.98. The summed E-state index contributed by atoms with van der Waals surface area (Å²) in [6.45, 7) is 1.56. The molecule has 0 fully saturated rings. The number of aryl methyl sites for hydroxylation is 1. The first-order valence-electron chi connectivity index (χ1n) is 4.30. The van der Waals surface area contributed by atoms with Crippen LogP contribution in [0.25, 0.3) is 11.6 Å². The second-order valence-electron chi connectivity index (χ2n) is 2.94. The highest BCUT2D eigenvalue weighted by molar-refractivity contribution is 5.86. The maximum atomic E-state index is 10.7. The molecule has 0 aliphatic rings. The minimum atomic E-state index is -1.10. The van der Waals surface area contributed by atoms with Crippen LogP contribution in [0.1, 0.15) is 16.2 Å². The fraction of sp³-hybridized carbons (Fsp3) is 0.100. The fourth-order valence-corrected chi connectivity index (χ4v) is 1.19. The van der Waals surface area contributed by atoms with E-state index in [1.807, 2.05) is 0 Å². The van der Waals surface area contributed by atoms with E-state index in [0.29, 0.717) is 5.69 Å². The van der Waals surface area contributed by atoms with Gasteiger partial charge < -0.3 is 9.52 Å². The number of hydrogen-bond acceptors (Lipinski definition) is 4. The van der Waals surface area contributed by atoms with Crippen LogP contribution in [0.2, 0.25) is 0 Å². The maximum absolute atomic E-state index is 10.7. The second kappa shape index (κ2) is 3.53. The van der Waals surface area contributed by atoms with Crippen molar-refractivity contribution in [1.82, 2.24) is 9.97 Å². The first-order valence-corrected chi connectivity index (χ1v) is 4.30. The van der Waals surface area contributed by atoms with Gasteiger partial charge >= 0.3 is 5.97 Å². The van der Waals surface area contributed by atoms with Crippen LogP contribution in [0.3, 0.4) is 0 Å². The van der Waals surface area contributed by atoms with E-state index < -0.39 is 5.97 Å². The summed E-state index contributed by atoms with van der Waals surface area (Å²) in [5.41, 5.74) is 0.448. The molecule has 0 saturated carbocycles. The van der Waals surface area contributed by atoms with Crippen LogP contribution in [-0.2, 0) is 0 Å². The van der Waals surface area contributed by atoms with Gasteiger partial charge in [0.1, 0.15) is 11.5 Å². The summed E-state index contributed by atoms with van der Waals surface area (Å²) in [5, 5.41) is 8.78. The zero-order valence-corrected chi connectivity index (χ0v) is 7.97. The number of rotatable bonds is 2. The molecule has 2 aromatic rings. The highest BCUT2D eigenvalue weighted by Crippen LogP contribution is 2.19. The van der Waals surface area contributed by atoms with Crippen molar-refractivity contribution in [2.75, 3.05) is 0 Å². The molecule has 2 heterocycles. The highest BCUT2D eigenvalue weighted by atomic mass is 16.4. The quantitative estimate of drug-likeness (QED) is 0.806. The van der Waals surface area contributed by atoms with Gasteiger partial charge in [-0.05, 0) is 19.1 Å². The van der Waals surface area contributed by atoms with Gasteiger partial charge in [-0.1, -0.05) is 6.07 Å². The third kappa shape index (κ3) is 1.71. The van der Waals surface area contributed by atoms with Crippen molar-refractivity contribution in [3.63, 3.8) is 0 Å². The largest absolute Gasteiger partial charge is 0.476 e. The number of carbonyl (C=O) groups is 1. The smallest absolute Gasteiger partial charge is 0.358 e. The average Bonchev–Trinajstić information content (AvgIpc) is 2.62. The van der Waals surface area contributed by atoms with Crippen molar-refractivity contribution in [3.05, 3.63) is 35.9 Å². The molecule has 0 bridgehead atoms. The van der Waals surface area contributed by atoms with Crippen molar-refractivity contribution < 1.29 is 14.3 Å². The Morgan fingerprint density at radius 3 is 2.80 bits per heavy atom. The third-order valence-corrected chi connectivity index (χ3v) is 1.88. The summed E-state index contributed by atoms with van der Waals surface area (Å²) in [5.74, 6) is -0.591. The number of carboxylic acids is 1. The SMILES string of the molecule is Cc1oc(-c2ccccn2)nc1C(=O)O. The number of oxazole rings is 1. The topological polar surface area (TPSA) is 76.2 Å². The van der Waals surface area contributed by atoms with Crippen molar-refractivity contribution in [1.29, 1.82) is 0 Å². The van der Waals surface area contributed by atoms with Gasteiger partial charge in [0.25, 0.3) is 0 Å². The van der Waals surface area contributed by atoms with E-state index >= 15 is 0 Å². The Morgan fingerprint density at radius 1 is 1.47 bits per heavy atom. The lowest BCUT2D eigenvalue weighted by atomic mass is 10.3. The minimum absolute atomic E-state index is 0.0735. The first-order chi connectivity index (χ1) is 7.18. The van der Waals surface area contributed by atoms with Crippen molar-refractivity contribution in [2.24, 2.45) is 0 Å². The molecule has 0 aliphatic heterocycles. The molecule has 0 radical (unpaired) electrons. The molecule has 0 unspecified atom stereocenters. The normalized spacial score (nSPS) is 10.2. The molecule has 2 aromatic heterocycles. The van der Waals surface area contributed by atoms with Crippen LogP contribution in [0.15, 0.2) is 28.8 Å². The number of aromatic nitrogens is 2. The lowest BCUT2D eigenvalue weighted by Gasteiger charge is -1.90. The molecule has 0 aromatic carbocycles. The van der Waals surface area contributed by atoms with Crippen molar-refractivity contribution in [2.45, 2.75) is 6.92 Å². The van der Waals surface area contributed by atoms with Crippen molar-refractivity contribution in [3.8, 4) is 11.6 Å². The predicted octanol–water partition coefficient (Wildman–Crippen LogP) is 1.74. The van der Waals surface area contributed by atoms with Gasteiger partial charge in [0.2, 0.25) is 5.89 Å². The van der Waals surface area contributed by atoms with E-state index in [0.717, 1.165) is 0 Å². The molecule has 76 valence electrons. The van der Waals surface area contributed by atoms with Gasteiger partial charge in [0.15, 0.2) is 5.69 Å². The summed E-state index contributed by atoms with van der Waals surface area (Å²) in [4.78, 5) is 18.6. The minimum Gasteiger partial charge on any atom is -0.476 e. The van der Waals surface area contributed by atoms with E-state index in [2.05, 4.69) is 9.97 Å². The van der Waals surface area contributed by atoms with Gasteiger partial charge in [-0.25, -0.2) is 9.78 Å². The number of nitrogens with zero attached hydrogens (tertiary/aromatic N) is 2. The van der Waals surface area contributed by atoms with Gasteiger partial charge in [-0.2, -0.15) is 0 Å².